The highest BCUT2D eigenvalue weighted by Crippen LogP contribution is 2.16. The van der Waals surface area contributed by atoms with E-state index in [2.05, 4.69) is 29.3 Å². The van der Waals surface area contributed by atoms with Crippen LogP contribution in [0.4, 0.5) is 5.69 Å². The fraction of sp³-hybridized carbons (Fsp3) is 0.200. The SMILES string of the molecule is CCN(CC)c1ccc(C=NNC(=O)C(Oc2ccccc2)Oc2ccccc2)cc1. The molecule has 31 heavy (non-hydrogen) atoms. The van der Waals surface area contributed by atoms with Crippen molar-refractivity contribution in [3.8, 4) is 11.5 Å². The van der Waals surface area contributed by atoms with E-state index in [0.29, 0.717) is 11.5 Å². The Morgan fingerprint density at radius 3 is 1.87 bits per heavy atom. The van der Waals surface area contributed by atoms with Crippen molar-refractivity contribution in [1.82, 2.24) is 5.43 Å². The smallest absolute Gasteiger partial charge is 0.323 e. The van der Waals surface area contributed by atoms with Gasteiger partial charge in [0.25, 0.3) is 0 Å². The molecule has 0 aromatic heterocycles. The molecule has 0 atom stereocenters. The van der Waals surface area contributed by atoms with Crippen LogP contribution < -0.4 is 19.8 Å². The Balaban J connectivity index is 1.65. The van der Waals surface area contributed by atoms with E-state index in [0.717, 1.165) is 24.3 Å². The molecule has 0 aliphatic carbocycles. The Kier molecular flexibility index (Phi) is 8.05. The number of carbonyl (C=O) groups is 1. The molecule has 0 aliphatic heterocycles. The predicted octanol–water partition coefficient (Wildman–Crippen LogP) is 4.47. The quantitative estimate of drug-likeness (QED) is 0.300. The van der Waals surface area contributed by atoms with Crippen LogP contribution in [-0.4, -0.2) is 31.5 Å². The minimum atomic E-state index is -1.19. The minimum absolute atomic E-state index is 0.510. The second-order valence-electron chi connectivity index (χ2n) is 6.69. The number of anilines is 1. The van der Waals surface area contributed by atoms with Gasteiger partial charge in [0, 0.05) is 18.8 Å². The lowest BCUT2D eigenvalue weighted by molar-refractivity contribution is -0.140. The van der Waals surface area contributed by atoms with Crippen molar-refractivity contribution < 1.29 is 14.3 Å². The van der Waals surface area contributed by atoms with E-state index in [-0.39, 0.29) is 0 Å². The Bertz CT molecular complexity index is 915. The summed E-state index contributed by atoms with van der Waals surface area (Å²) in [4.78, 5) is 14.9. The molecule has 160 valence electrons. The van der Waals surface area contributed by atoms with E-state index in [1.54, 1.807) is 30.5 Å². The number of hydrazone groups is 1. The summed E-state index contributed by atoms with van der Waals surface area (Å²) in [5, 5.41) is 4.06. The van der Waals surface area contributed by atoms with E-state index in [4.69, 9.17) is 9.47 Å². The Hall–Kier alpha value is -3.80. The van der Waals surface area contributed by atoms with Crippen LogP contribution in [0.15, 0.2) is 90.0 Å². The van der Waals surface area contributed by atoms with E-state index in [1.807, 2.05) is 60.7 Å². The molecule has 1 amide bonds. The van der Waals surface area contributed by atoms with Crippen molar-refractivity contribution in [2.24, 2.45) is 5.10 Å². The molecule has 3 aromatic rings. The molecule has 3 aromatic carbocycles. The van der Waals surface area contributed by atoms with Gasteiger partial charge in [-0.1, -0.05) is 48.5 Å². The summed E-state index contributed by atoms with van der Waals surface area (Å²) >= 11 is 0. The van der Waals surface area contributed by atoms with Gasteiger partial charge in [-0.2, -0.15) is 5.10 Å². The van der Waals surface area contributed by atoms with Gasteiger partial charge in [0.2, 0.25) is 0 Å². The molecule has 0 aliphatic rings. The molecule has 6 nitrogen and oxygen atoms in total. The summed E-state index contributed by atoms with van der Waals surface area (Å²) in [5.41, 5.74) is 4.53. The third-order valence-corrected chi connectivity index (χ3v) is 4.60. The summed E-state index contributed by atoms with van der Waals surface area (Å²) in [6.45, 7) is 6.15. The maximum absolute atomic E-state index is 12.7. The number of nitrogens with zero attached hydrogens (tertiary/aromatic N) is 2. The average Bonchev–Trinajstić information content (AvgIpc) is 2.82. The molecule has 0 saturated carbocycles. The monoisotopic (exact) mass is 417 g/mol. The van der Waals surface area contributed by atoms with Gasteiger partial charge in [0.05, 0.1) is 6.21 Å². The first-order valence-electron chi connectivity index (χ1n) is 10.3. The lowest BCUT2D eigenvalue weighted by atomic mass is 10.2. The molecule has 0 bridgehead atoms. The van der Waals surface area contributed by atoms with E-state index in [9.17, 15) is 4.79 Å². The highest BCUT2D eigenvalue weighted by atomic mass is 16.7. The maximum Gasteiger partial charge on any atom is 0.323 e. The predicted molar refractivity (Wildman–Crippen MR) is 124 cm³/mol. The summed E-state index contributed by atoms with van der Waals surface area (Å²) in [6, 6.07) is 26.1. The van der Waals surface area contributed by atoms with Crippen molar-refractivity contribution >= 4 is 17.8 Å². The van der Waals surface area contributed by atoms with Gasteiger partial charge < -0.3 is 14.4 Å². The van der Waals surface area contributed by atoms with Crippen molar-refractivity contribution in [3.05, 3.63) is 90.5 Å². The molecule has 1 N–H and O–H groups in total. The van der Waals surface area contributed by atoms with Crippen molar-refractivity contribution in [2.75, 3.05) is 18.0 Å². The molecular weight excluding hydrogens is 390 g/mol. The Morgan fingerprint density at radius 1 is 0.871 bits per heavy atom. The number of hydrogen-bond acceptors (Lipinski definition) is 5. The number of rotatable bonds is 10. The Labute approximate surface area is 183 Å². The number of ether oxygens (including phenoxy) is 2. The van der Waals surface area contributed by atoms with Crippen molar-refractivity contribution in [1.29, 1.82) is 0 Å². The first-order valence-corrected chi connectivity index (χ1v) is 10.3. The van der Waals surface area contributed by atoms with Crippen molar-refractivity contribution in [2.45, 2.75) is 20.1 Å². The zero-order valence-corrected chi connectivity index (χ0v) is 17.8. The second kappa shape index (κ2) is 11.4. The zero-order chi connectivity index (χ0) is 21.9. The molecule has 0 fully saturated rings. The molecule has 0 saturated heterocycles. The third kappa shape index (κ3) is 6.60. The maximum atomic E-state index is 12.7. The van der Waals surface area contributed by atoms with Crippen LogP contribution in [0.25, 0.3) is 0 Å². The number of amides is 1. The number of benzene rings is 3. The Morgan fingerprint density at radius 2 is 1.39 bits per heavy atom. The molecule has 0 spiro atoms. The summed E-state index contributed by atoms with van der Waals surface area (Å²) in [7, 11) is 0. The number of para-hydroxylation sites is 2. The van der Waals surface area contributed by atoms with Crippen LogP contribution >= 0.6 is 0 Å². The van der Waals surface area contributed by atoms with Crippen LogP contribution in [-0.2, 0) is 4.79 Å². The molecule has 0 unspecified atom stereocenters. The fourth-order valence-electron chi connectivity index (χ4n) is 2.96. The summed E-state index contributed by atoms with van der Waals surface area (Å²) in [5.74, 6) is 0.535. The van der Waals surface area contributed by atoms with Crippen LogP contribution in [0.2, 0.25) is 0 Å². The largest absolute Gasteiger partial charge is 0.446 e. The van der Waals surface area contributed by atoms with Crippen LogP contribution in [0.5, 0.6) is 11.5 Å². The van der Waals surface area contributed by atoms with Gasteiger partial charge in [0.15, 0.2) is 0 Å². The lowest BCUT2D eigenvalue weighted by Crippen LogP contribution is -2.40. The van der Waals surface area contributed by atoms with Gasteiger partial charge in [-0.3, -0.25) is 4.79 Å². The first-order chi connectivity index (χ1) is 15.2. The molecule has 0 radical (unpaired) electrons. The third-order valence-electron chi connectivity index (χ3n) is 4.60. The highest BCUT2D eigenvalue weighted by Gasteiger charge is 2.22. The number of carbonyl (C=O) groups excluding carboxylic acids is 1. The van der Waals surface area contributed by atoms with Crippen LogP contribution in [0, 0.1) is 0 Å². The van der Waals surface area contributed by atoms with Crippen LogP contribution in [0.3, 0.4) is 0 Å². The van der Waals surface area contributed by atoms with Gasteiger partial charge in [-0.15, -0.1) is 0 Å². The highest BCUT2D eigenvalue weighted by molar-refractivity contribution is 5.84. The zero-order valence-electron chi connectivity index (χ0n) is 17.8. The molecular formula is C25H27N3O3. The standard InChI is InChI=1S/C25H27N3O3/c1-3-28(4-2)21-17-15-20(16-18-21)19-26-27-24(29)25(30-22-11-7-5-8-12-22)31-23-13-9-6-10-14-23/h5-19,25H,3-4H2,1-2H3,(H,27,29). The number of hydrogen-bond donors (Lipinski definition) is 1. The summed E-state index contributed by atoms with van der Waals surface area (Å²) in [6.07, 6.45) is 0.401. The molecule has 3 rings (SSSR count). The van der Waals surface area contributed by atoms with Gasteiger partial charge in [-0.05, 0) is 55.8 Å². The molecule has 6 heteroatoms. The van der Waals surface area contributed by atoms with Gasteiger partial charge in [-0.25, -0.2) is 5.43 Å². The molecule has 0 heterocycles. The topological polar surface area (TPSA) is 63.2 Å². The van der Waals surface area contributed by atoms with E-state index in [1.165, 1.54) is 0 Å². The van der Waals surface area contributed by atoms with E-state index >= 15 is 0 Å². The lowest BCUT2D eigenvalue weighted by Gasteiger charge is -2.20. The van der Waals surface area contributed by atoms with Gasteiger partial charge >= 0.3 is 12.2 Å². The van der Waals surface area contributed by atoms with E-state index < -0.39 is 12.2 Å². The minimum Gasteiger partial charge on any atom is -0.446 e. The number of nitrogens with one attached hydrogen (secondary N) is 1. The van der Waals surface area contributed by atoms with Crippen LogP contribution in [0.1, 0.15) is 19.4 Å². The average molecular weight is 418 g/mol. The first kappa shape index (κ1) is 21.9. The van der Waals surface area contributed by atoms with Crippen molar-refractivity contribution in [3.63, 3.8) is 0 Å². The summed E-state index contributed by atoms with van der Waals surface area (Å²) < 4.78 is 11.5. The fourth-order valence-corrected chi connectivity index (χ4v) is 2.96. The normalized spacial score (nSPS) is 10.8. The second-order valence-corrected chi connectivity index (χ2v) is 6.69. The van der Waals surface area contributed by atoms with Gasteiger partial charge in [0.1, 0.15) is 11.5 Å².